The van der Waals surface area contributed by atoms with Gasteiger partial charge in [0.15, 0.2) is 0 Å². The molecule has 0 radical (unpaired) electrons. The van der Waals surface area contributed by atoms with E-state index in [2.05, 4.69) is 0 Å². The number of likely N-dealkylation sites (N-methyl/N-ethyl adjacent to an activating group) is 1. The van der Waals surface area contributed by atoms with Gasteiger partial charge in [-0.25, -0.2) is 0 Å². The summed E-state index contributed by atoms with van der Waals surface area (Å²) in [6.07, 6.45) is 0. The summed E-state index contributed by atoms with van der Waals surface area (Å²) >= 11 is 5.48. The van der Waals surface area contributed by atoms with Crippen molar-refractivity contribution in [3.05, 3.63) is 0 Å². The van der Waals surface area contributed by atoms with Crippen molar-refractivity contribution < 1.29 is 4.79 Å². The molecule has 1 saturated heterocycles. The van der Waals surface area contributed by atoms with Crippen LogP contribution in [0.5, 0.6) is 0 Å². The zero-order valence-electron chi connectivity index (χ0n) is 7.42. The lowest BCUT2D eigenvalue weighted by Gasteiger charge is -2.32. The van der Waals surface area contributed by atoms with Crippen LogP contribution in [0.4, 0.5) is 0 Å². The van der Waals surface area contributed by atoms with Gasteiger partial charge in [0.25, 0.3) is 0 Å². The summed E-state index contributed by atoms with van der Waals surface area (Å²) in [7, 11) is 1.77. The molecule has 0 atom stereocenters. The Balaban J connectivity index is 0.00000144. The highest BCUT2D eigenvalue weighted by atomic mass is 35.5. The van der Waals surface area contributed by atoms with Gasteiger partial charge in [-0.05, 0) is 0 Å². The molecule has 1 aliphatic rings. The van der Waals surface area contributed by atoms with Crippen molar-refractivity contribution in [1.82, 2.24) is 9.80 Å². The normalized spacial score (nSPS) is 16.9. The summed E-state index contributed by atoms with van der Waals surface area (Å²) in [5.74, 6) is 0.561. The van der Waals surface area contributed by atoms with E-state index in [9.17, 15) is 4.79 Å². The molecule has 0 bridgehead atoms. The molecule has 1 N–H and O–H groups in total. The first kappa shape index (κ1) is 12.5. The first-order valence-corrected chi connectivity index (χ1v) is 4.31. The Bertz CT molecular complexity index is 208. The molecule has 76 valence electrons. The van der Waals surface area contributed by atoms with Gasteiger partial charge in [0.05, 0.1) is 12.4 Å². The lowest BCUT2D eigenvalue weighted by Crippen LogP contribution is -2.50. The van der Waals surface area contributed by atoms with Crippen LogP contribution in [0.2, 0.25) is 0 Å². The van der Waals surface area contributed by atoms with E-state index in [1.807, 2.05) is 0 Å². The Morgan fingerprint density at radius 3 is 2.69 bits per heavy atom. The molecule has 1 fully saturated rings. The van der Waals surface area contributed by atoms with Crippen LogP contribution in [-0.2, 0) is 4.79 Å². The Kier molecular flexibility index (Phi) is 5.10. The minimum absolute atomic E-state index is 0. The minimum atomic E-state index is 0. The molecule has 6 heteroatoms. The van der Waals surface area contributed by atoms with Gasteiger partial charge in [0.1, 0.15) is 5.84 Å². The van der Waals surface area contributed by atoms with Gasteiger partial charge in [0.2, 0.25) is 5.91 Å². The van der Waals surface area contributed by atoms with Crippen LogP contribution in [0, 0.1) is 5.41 Å². The Morgan fingerprint density at radius 1 is 1.62 bits per heavy atom. The fraction of sp³-hybridized carbons (Fsp3) is 0.714. The van der Waals surface area contributed by atoms with Gasteiger partial charge in [0, 0.05) is 20.1 Å². The zero-order chi connectivity index (χ0) is 9.14. The van der Waals surface area contributed by atoms with Crippen LogP contribution < -0.4 is 0 Å². The Morgan fingerprint density at radius 2 is 2.23 bits per heavy atom. The van der Waals surface area contributed by atoms with E-state index in [4.69, 9.17) is 17.0 Å². The molecule has 0 saturated carbocycles. The van der Waals surface area contributed by atoms with Gasteiger partial charge >= 0.3 is 0 Å². The highest BCUT2D eigenvalue weighted by Gasteiger charge is 2.21. The summed E-state index contributed by atoms with van der Waals surface area (Å²) < 4.78 is 0. The molecule has 1 rings (SSSR count). The van der Waals surface area contributed by atoms with Gasteiger partial charge in [-0.1, -0.05) is 0 Å². The molecular weight excluding hydrogens is 213 g/mol. The average molecular weight is 226 g/mol. The third-order valence-corrected chi connectivity index (χ3v) is 2.22. The summed E-state index contributed by atoms with van der Waals surface area (Å²) in [6.45, 7) is 1.69. The molecule has 0 aromatic heterocycles. The second-order valence-corrected chi connectivity index (χ2v) is 3.08. The standard InChI is InChI=1S/C7H12ClN3O.ClH/c1-10-2-3-11(5-7(10)12)6(9)4-8;/h9H,2-5H2,1H3;1H. The predicted octanol–water partition coefficient (Wildman–Crippen LogP) is 0.398. The van der Waals surface area contributed by atoms with Gasteiger partial charge in [-0.15, -0.1) is 24.0 Å². The summed E-state index contributed by atoms with van der Waals surface area (Å²) in [5, 5.41) is 7.41. The lowest BCUT2D eigenvalue weighted by atomic mass is 10.3. The molecule has 0 aromatic rings. The summed E-state index contributed by atoms with van der Waals surface area (Å²) in [5.41, 5.74) is 0. The average Bonchev–Trinajstić information content (AvgIpc) is 2.08. The van der Waals surface area contributed by atoms with E-state index < -0.39 is 0 Å². The van der Waals surface area contributed by atoms with Crippen molar-refractivity contribution in [2.45, 2.75) is 0 Å². The second kappa shape index (κ2) is 5.29. The number of rotatable bonds is 1. The van der Waals surface area contributed by atoms with E-state index in [1.165, 1.54) is 0 Å². The van der Waals surface area contributed by atoms with Crippen molar-refractivity contribution in [2.24, 2.45) is 0 Å². The maximum Gasteiger partial charge on any atom is 0.241 e. The van der Waals surface area contributed by atoms with Crippen molar-refractivity contribution in [3.63, 3.8) is 0 Å². The predicted molar refractivity (Wildman–Crippen MR) is 54.9 cm³/mol. The largest absolute Gasteiger partial charge is 0.348 e. The quantitative estimate of drug-likeness (QED) is 0.399. The molecule has 1 aliphatic heterocycles. The van der Waals surface area contributed by atoms with Crippen molar-refractivity contribution in [2.75, 3.05) is 32.6 Å². The first-order valence-electron chi connectivity index (χ1n) is 3.77. The summed E-state index contributed by atoms with van der Waals surface area (Å²) in [4.78, 5) is 14.5. The molecule has 0 unspecified atom stereocenters. The smallest absolute Gasteiger partial charge is 0.241 e. The topological polar surface area (TPSA) is 47.4 Å². The molecule has 1 amide bonds. The number of hydrogen-bond acceptors (Lipinski definition) is 2. The third-order valence-electron chi connectivity index (χ3n) is 1.97. The minimum Gasteiger partial charge on any atom is -0.348 e. The number of piperazine rings is 1. The molecular formula is C7H13Cl2N3O. The monoisotopic (exact) mass is 225 g/mol. The first-order chi connectivity index (χ1) is 5.65. The van der Waals surface area contributed by atoms with Crippen molar-refractivity contribution >= 4 is 35.8 Å². The lowest BCUT2D eigenvalue weighted by molar-refractivity contribution is -0.132. The van der Waals surface area contributed by atoms with Gasteiger partial charge in [-0.2, -0.15) is 0 Å². The van der Waals surface area contributed by atoms with E-state index in [0.717, 1.165) is 0 Å². The molecule has 0 aromatic carbocycles. The van der Waals surface area contributed by atoms with Crippen LogP contribution in [0.1, 0.15) is 0 Å². The fourth-order valence-corrected chi connectivity index (χ4v) is 1.24. The molecule has 4 nitrogen and oxygen atoms in total. The molecule has 1 heterocycles. The number of alkyl halides is 1. The number of carbonyl (C=O) groups is 1. The number of amidine groups is 1. The Hall–Kier alpha value is -0.480. The highest BCUT2D eigenvalue weighted by molar-refractivity contribution is 6.27. The summed E-state index contributed by atoms with van der Waals surface area (Å²) in [6, 6.07) is 0. The number of halogens is 2. The highest BCUT2D eigenvalue weighted by Crippen LogP contribution is 2.01. The number of hydrogen-bond donors (Lipinski definition) is 1. The van der Waals surface area contributed by atoms with Crippen LogP contribution in [0.25, 0.3) is 0 Å². The maximum absolute atomic E-state index is 11.2. The maximum atomic E-state index is 11.2. The van der Waals surface area contributed by atoms with Crippen molar-refractivity contribution in [3.8, 4) is 0 Å². The zero-order valence-corrected chi connectivity index (χ0v) is 8.99. The van der Waals surface area contributed by atoms with E-state index in [-0.39, 0.29) is 24.2 Å². The number of amides is 1. The molecule has 0 aliphatic carbocycles. The number of nitrogens with zero attached hydrogens (tertiary/aromatic N) is 2. The van der Waals surface area contributed by atoms with Crippen LogP contribution in [0.3, 0.4) is 0 Å². The van der Waals surface area contributed by atoms with Gasteiger partial charge < -0.3 is 9.80 Å². The fourth-order valence-electron chi connectivity index (χ4n) is 1.07. The van der Waals surface area contributed by atoms with Crippen LogP contribution in [-0.4, -0.2) is 54.1 Å². The SMILES string of the molecule is CN1CCN(C(=N)CCl)CC1=O.Cl. The van der Waals surface area contributed by atoms with Crippen LogP contribution in [0.15, 0.2) is 0 Å². The molecule has 13 heavy (non-hydrogen) atoms. The van der Waals surface area contributed by atoms with E-state index in [1.54, 1.807) is 16.8 Å². The van der Waals surface area contributed by atoms with Gasteiger partial charge in [-0.3, -0.25) is 10.2 Å². The van der Waals surface area contributed by atoms with E-state index >= 15 is 0 Å². The number of nitrogens with one attached hydrogen (secondary N) is 1. The van der Waals surface area contributed by atoms with Crippen molar-refractivity contribution in [1.29, 1.82) is 5.41 Å². The second-order valence-electron chi connectivity index (χ2n) is 2.82. The van der Waals surface area contributed by atoms with E-state index in [0.29, 0.717) is 25.5 Å². The molecule has 0 spiro atoms. The number of carbonyl (C=O) groups excluding carboxylic acids is 1. The Labute approximate surface area is 88.7 Å². The van der Waals surface area contributed by atoms with Crippen LogP contribution >= 0.6 is 24.0 Å². The third kappa shape index (κ3) is 3.04.